The number of esters is 2. The molecule has 1 atom stereocenters. The number of carbonyl (C=O) groups is 2. The van der Waals surface area contributed by atoms with Gasteiger partial charge in [0, 0.05) is 12.0 Å². The fourth-order valence-electron chi connectivity index (χ4n) is 3.80. The standard InChI is InChI=1S/C30H42N2O4/c1-4-6-7-8-9-10-11-12-17-29(34)36-27-22-31-30(32-23-27)26-20-18-25(19-21-26)16-14-13-15-24(3)35-28(33)5-2/h11-12,18-24H,4-10,13-17H2,1-3H3. The average molecular weight is 495 g/mol. The van der Waals surface area contributed by atoms with Crippen LogP contribution in [0.3, 0.4) is 0 Å². The van der Waals surface area contributed by atoms with Gasteiger partial charge >= 0.3 is 11.9 Å². The van der Waals surface area contributed by atoms with E-state index in [4.69, 9.17) is 9.47 Å². The summed E-state index contributed by atoms with van der Waals surface area (Å²) >= 11 is 0. The fraction of sp³-hybridized carbons (Fsp3) is 0.533. The summed E-state index contributed by atoms with van der Waals surface area (Å²) in [6, 6.07) is 8.19. The quantitative estimate of drug-likeness (QED) is 0.129. The second-order valence-electron chi connectivity index (χ2n) is 9.19. The Labute approximate surface area is 216 Å². The van der Waals surface area contributed by atoms with Crippen molar-refractivity contribution in [3.8, 4) is 17.1 Å². The van der Waals surface area contributed by atoms with Crippen LogP contribution in [0.2, 0.25) is 0 Å². The van der Waals surface area contributed by atoms with Crippen LogP contribution in [-0.4, -0.2) is 28.0 Å². The monoisotopic (exact) mass is 494 g/mol. The number of nitrogens with zero attached hydrogens (tertiary/aromatic N) is 2. The largest absolute Gasteiger partial charge is 0.463 e. The maximum absolute atomic E-state index is 12.0. The molecule has 36 heavy (non-hydrogen) atoms. The summed E-state index contributed by atoms with van der Waals surface area (Å²) in [5.41, 5.74) is 2.16. The molecule has 0 aliphatic carbocycles. The smallest absolute Gasteiger partial charge is 0.315 e. The van der Waals surface area contributed by atoms with E-state index in [1.807, 2.05) is 32.1 Å². The highest BCUT2D eigenvalue weighted by molar-refractivity contribution is 5.73. The van der Waals surface area contributed by atoms with Crippen molar-refractivity contribution in [2.45, 2.75) is 104 Å². The molecule has 0 radical (unpaired) electrons. The number of hydrogen-bond donors (Lipinski definition) is 0. The van der Waals surface area contributed by atoms with Crippen molar-refractivity contribution in [1.29, 1.82) is 0 Å². The van der Waals surface area contributed by atoms with Gasteiger partial charge in [-0.25, -0.2) is 9.97 Å². The van der Waals surface area contributed by atoms with E-state index in [9.17, 15) is 9.59 Å². The molecule has 0 aliphatic heterocycles. The zero-order valence-electron chi connectivity index (χ0n) is 22.2. The molecule has 0 bridgehead atoms. The van der Waals surface area contributed by atoms with E-state index in [0.717, 1.165) is 37.7 Å². The molecule has 1 aromatic heterocycles. The molecule has 0 aliphatic rings. The number of carbonyl (C=O) groups excluding carboxylic acids is 2. The first-order chi connectivity index (χ1) is 17.5. The summed E-state index contributed by atoms with van der Waals surface area (Å²) < 4.78 is 10.6. The summed E-state index contributed by atoms with van der Waals surface area (Å²) in [5.74, 6) is 0.501. The Morgan fingerprint density at radius 2 is 1.61 bits per heavy atom. The van der Waals surface area contributed by atoms with Crippen LogP contribution in [0.1, 0.15) is 97.0 Å². The van der Waals surface area contributed by atoms with Crippen LogP contribution in [-0.2, 0) is 20.7 Å². The summed E-state index contributed by atoms with van der Waals surface area (Å²) in [4.78, 5) is 32.1. The minimum absolute atomic E-state index is 0.0270. The van der Waals surface area contributed by atoms with Gasteiger partial charge in [0.05, 0.1) is 24.9 Å². The number of benzene rings is 1. The van der Waals surface area contributed by atoms with Crippen LogP contribution < -0.4 is 4.74 Å². The second kappa shape index (κ2) is 17.4. The molecule has 2 aromatic rings. The van der Waals surface area contributed by atoms with E-state index in [-0.39, 0.29) is 24.5 Å². The topological polar surface area (TPSA) is 78.4 Å². The average Bonchev–Trinajstić information content (AvgIpc) is 2.89. The minimum Gasteiger partial charge on any atom is -0.463 e. The van der Waals surface area contributed by atoms with E-state index in [0.29, 0.717) is 18.0 Å². The van der Waals surface area contributed by atoms with Gasteiger partial charge in [-0.05, 0) is 51.0 Å². The molecule has 1 heterocycles. The van der Waals surface area contributed by atoms with Crippen molar-refractivity contribution >= 4 is 11.9 Å². The van der Waals surface area contributed by atoms with E-state index in [1.54, 1.807) is 0 Å². The molecule has 0 saturated heterocycles. The SMILES string of the molecule is CCCCCCCC=CCC(=O)Oc1cnc(-c2ccc(CCCCC(C)OC(=O)CC)cc2)nc1. The number of hydrogen-bond acceptors (Lipinski definition) is 6. The van der Waals surface area contributed by atoms with Crippen molar-refractivity contribution < 1.29 is 19.1 Å². The van der Waals surface area contributed by atoms with Gasteiger partial charge < -0.3 is 9.47 Å². The number of aryl methyl sites for hydroxylation is 1. The van der Waals surface area contributed by atoms with Crippen LogP contribution in [0.5, 0.6) is 5.75 Å². The van der Waals surface area contributed by atoms with Gasteiger partial charge in [-0.3, -0.25) is 9.59 Å². The van der Waals surface area contributed by atoms with Crippen molar-refractivity contribution in [2.75, 3.05) is 0 Å². The zero-order chi connectivity index (χ0) is 26.0. The first-order valence-corrected chi connectivity index (χ1v) is 13.5. The second-order valence-corrected chi connectivity index (χ2v) is 9.19. The Bertz CT molecular complexity index is 923. The van der Waals surface area contributed by atoms with Gasteiger partial charge in [-0.2, -0.15) is 0 Å². The van der Waals surface area contributed by atoms with Crippen LogP contribution in [0.4, 0.5) is 0 Å². The minimum atomic E-state index is -0.309. The number of ether oxygens (including phenoxy) is 2. The molecule has 2 rings (SSSR count). The highest BCUT2D eigenvalue weighted by atomic mass is 16.5. The summed E-state index contributed by atoms with van der Waals surface area (Å²) in [6.45, 7) is 5.97. The molecule has 1 unspecified atom stereocenters. The highest BCUT2D eigenvalue weighted by Gasteiger charge is 2.08. The van der Waals surface area contributed by atoms with E-state index >= 15 is 0 Å². The zero-order valence-corrected chi connectivity index (χ0v) is 22.2. The van der Waals surface area contributed by atoms with E-state index in [2.05, 4.69) is 35.1 Å². The van der Waals surface area contributed by atoms with Crippen molar-refractivity contribution in [1.82, 2.24) is 9.97 Å². The Morgan fingerprint density at radius 1 is 0.889 bits per heavy atom. The van der Waals surface area contributed by atoms with Gasteiger partial charge in [-0.1, -0.05) is 75.9 Å². The third-order valence-electron chi connectivity index (χ3n) is 5.94. The lowest BCUT2D eigenvalue weighted by Gasteiger charge is -2.12. The van der Waals surface area contributed by atoms with Crippen LogP contribution >= 0.6 is 0 Å². The predicted octanol–water partition coefficient (Wildman–Crippen LogP) is 7.41. The van der Waals surface area contributed by atoms with Crippen molar-refractivity contribution in [3.05, 3.63) is 54.4 Å². The van der Waals surface area contributed by atoms with E-state index < -0.39 is 0 Å². The Kier molecular flexibility index (Phi) is 14.1. The molecule has 196 valence electrons. The number of rotatable bonds is 17. The van der Waals surface area contributed by atoms with Crippen LogP contribution in [0.25, 0.3) is 11.4 Å². The van der Waals surface area contributed by atoms with Gasteiger partial charge in [0.25, 0.3) is 0 Å². The summed E-state index contributed by atoms with van der Waals surface area (Å²) in [7, 11) is 0. The molecule has 1 aromatic carbocycles. The Morgan fingerprint density at radius 3 is 2.31 bits per heavy atom. The lowest BCUT2D eigenvalue weighted by molar-refractivity contribution is -0.148. The number of allylic oxidation sites excluding steroid dienone is 1. The molecule has 0 N–H and O–H groups in total. The third-order valence-corrected chi connectivity index (χ3v) is 5.94. The van der Waals surface area contributed by atoms with E-state index in [1.165, 1.54) is 50.1 Å². The Balaban J connectivity index is 1.70. The number of aromatic nitrogens is 2. The van der Waals surface area contributed by atoms with Crippen molar-refractivity contribution in [2.24, 2.45) is 0 Å². The molecular formula is C30H42N2O4. The molecule has 0 amide bonds. The lowest BCUT2D eigenvalue weighted by atomic mass is 10.0. The molecule has 6 heteroatoms. The third kappa shape index (κ3) is 12.1. The molecule has 0 fully saturated rings. The first-order valence-electron chi connectivity index (χ1n) is 13.5. The highest BCUT2D eigenvalue weighted by Crippen LogP contribution is 2.19. The first kappa shape index (κ1) is 29.2. The van der Waals surface area contributed by atoms with Crippen LogP contribution in [0, 0.1) is 0 Å². The normalized spacial score (nSPS) is 12.0. The molecule has 6 nitrogen and oxygen atoms in total. The maximum atomic E-state index is 12.0. The lowest BCUT2D eigenvalue weighted by Crippen LogP contribution is -2.13. The van der Waals surface area contributed by atoms with Crippen molar-refractivity contribution in [3.63, 3.8) is 0 Å². The van der Waals surface area contributed by atoms with Gasteiger partial charge in [0.1, 0.15) is 0 Å². The maximum Gasteiger partial charge on any atom is 0.315 e. The summed E-state index contributed by atoms with van der Waals surface area (Å²) in [6.07, 6.45) is 18.8. The van der Waals surface area contributed by atoms with Gasteiger partial charge in [0.2, 0.25) is 0 Å². The molecule has 0 spiro atoms. The van der Waals surface area contributed by atoms with Crippen LogP contribution in [0.15, 0.2) is 48.8 Å². The fourth-order valence-corrected chi connectivity index (χ4v) is 3.80. The summed E-state index contributed by atoms with van der Waals surface area (Å²) in [5, 5.41) is 0. The predicted molar refractivity (Wildman–Crippen MR) is 144 cm³/mol. The Hall–Kier alpha value is -3.02. The number of unbranched alkanes of at least 4 members (excludes halogenated alkanes) is 6. The molecular weight excluding hydrogens is 452 g/mol. The van der Waals surface area contributed by atoms with Gasteiger partial charge in [-0.15, -0.1) is 0 Å². The molecule has 0 saturated carbocycles. The van der Waals surface area contributed by atoms with Gasteiger partial charge in [0.15, 0.2) is 11.6 Å².